The highest BCUT2D eigenvalue weighted by atomic mass is 32.1. The molecule has 1 amide bonds. The molecule has 2 rings (SSSR count). The number of anilines is 1. The fourth-order valence-corrected chi connectivity index (χ4v) is 2.27. The molecule has 0 aliphatic carbocycles. The van der Waals surface area contributed by atoms with Gasteiger partial charge in [0.1, 0.15) is 0 Å². The average molecular weight is 258 g/mol. The molecule has 0 atom stereocenters. The predicted molar refractivity (Wildman–Crippen MR) is 71.6 cm³/mol. The third kappa shape index (κ3) is 2.88. The van der Waals surface area contributed by atoms with Crippen molar-refractivity contribution in [3.05, 3.63) is 63.3 Å². The number of benzene rings is 1. The van der Waals surface area contributed by atoms with E-state index >= 15 is 0 Å². The Morgan fingerprint density at radius 2 is 2.11 bits per heavy atom. The van der Waals surface area contributed by atoms with Crippen molar-refractivity contribution < 1.29 is 4.79 Å². The van der Waals surface area contributed by atoms with Crippen LogP contribution in [0.3, 0.4) is 0 Å². The lowest BCUT2D eigenvalue weighted by Crippen LogP contribution is -2.02. The van der Waals surface area contributed by atoms with E-state index in [-0.39, 0.29) is 0 Å². The predicted octanol–water partition coefficient (Wildman–Crippen LogP) is 3.81. The molecule has 2 aromatic rings. The molecule has 18 heavy (non-hydrogen) atoms. The molecule has 0 spiro atoms. The minimum absolute atomic E-state index is 0.411. The molecule has 0 fully saturated rings. The summed E-state index contributed by atoms with van der Waals surface area (Å²) in [5.41, 5.74) is 9.78. The van der Waals surface area contributed by atoms with Gasteiger partial charge in [-0.1, -0.05) is 30.3 Å². The van der Waals surface area contributed by atoms with Crippen molar-refractivity contribution in [3.63, 3.8) is 0 Å². The van der Waals surface area contributed by atoms with Gasteiger partial charge in [-0.25, -0.2) is 0 Å². The largest absolute Gasteiger partial charge is 0.372 e. The van der Waals surface area contributed by atoms with E-state index in [1.807, 2.05) is 30.3 Å². The van der Waals surface area contributed by atoms with Gasteiger partial charge in [0.2, 0.25) is 0 Å². The molecule has 0 aliphatic rings. The van der Waals surface area contributed by atoms with E-state index in [9.17, 15) is 4.79 Å². The zero-order chi connectivity index (χ0) is 12.8. The molecule has 0 saturated heterocycles. The normalized spacial score (nSPS) is 9.56. The van der Waals surface area contributed by atoms with Gasteiger partial charge in [-0.2, -0.15) is 0 Å². The molecule has 1 aromatic heterocycles. The quantitative estimate of drug-likeness (QED) is 0.514. The second kappa shape index (κ2) is 5.86. The molecule has 90 valence electrons. The molecular weight excluding hydrogens is 248 g/mol. The Morgan fingerprint density at radius 1 is 1.33 bits per heavy atom. The maximum Gasteiger partial charge on any atom is 0.252 e. The minimum atomic E-state index is -0.561. The van der Waals surface area contributed by atoms with E-state index in [1.54, 1.807) is 11.4 Å². The van der Waals surface area contributed by atoms with Crippen molar-refractivity contribution in [1.29, 1.82) is 0 Å². The first kappa shape index (κ1) is 12.2. The van der Waals surface area contributed by atoms with Crippen molar-refractivity contribution in [2.75, 3.05) is 5.32 Å². The van der Waals surface area contributed by atoms with E-state index in [1.165, 1.54) is 11.3 Å². The molecule has 0 unspecified atom stereocenters. The molecule has 0 radical (unpaired) electrons. The molecule has 0 saturated carbocycles. The SMILES string of the molecule is [N-]=[N+]=NC(=O)c1ccsc1NCc1ccccc1. The van der Waals surface area contributed by atoms with Crippen LogP contribution in [-0.2, 0) is 6.54 Å². The highest BCUT2D eigenvalue weighted by Crippen LogP contribution is 2.24. The lowest BCUT2D eigenvalue weighted by atomic mass is 10.2. The van der Waals surface area contributed by atoms with Crippen molar-refractivity contribution >= 4 is 22.2 Å². The van der Waals surface area contributed by atoms with Gasteiger partial charge in [-0.05, 0) is 27.7 Å². The number of hydrogen-bond donors (Lipinski definition) is 1. The summed E-state index contributed by atoms with van der Waals surface area (Å²) in [4.78, 5) is 14.0. The molecule has 1 aromatic carbocycles. The molecule has 0 bridgehead atoms. The number of thiophene rings is 1. The van der Waals surface area contributed by atoms with Gasteiger partial charge in [0.15, 0.2) is 0 Å². The van der Waals surface area contributed by atoms with Crippen LogP contribution >= 0.6 is 11.3 Å². The second-order valence-corrected chi connectivity index (χ2v) is 4.41. The maximum atomic E-state index is 11.5. The Balaban J connectivity index is 2.09. The third-order valence-corrected chi connectivity index (χ3v) is 3.20. The summed E-state index contributed by atoms with van der Waals surface area (Å²) in [6.07, 6.45) is 0. The highest BCUT2D eigenvalue weighted by Gasteiger charge is 2.10. The van der Waals surface area contributed by atoms with Crippen LogP contribution in [-0.4, -0.2) is 5.91 Å². The van der Waals surface area contributed by atoms with Gasteiger partial charge >= 0.3 is 0 Å². The highest BCUT2D eigenvalue weighted by molar-refractivity contribution is 7.14. The van der Waals surface area contributed by atoms with Gasteiger partial charge < -0.3 is 5.32 Å². The summed E-state index contributed by atoms with van der Waals surface area (Å²) in [5.74, 6) is -0.561. The second-order valence-electron chi connectivity index (χ2n) is 3.50. The summed E-state index contributed by atoms with van der Waals surface area (Å²) < 4.78 is 0. The minimum Gasteiger partial charge on any atom is -0.372 e. The summed E-state index contributed by atoms with van der Waals surface area (Å²) in [7, 11) is 0. The molecule has 1 N–H and O–H groups in total. The van der Waals surface area contributed by atoms with Crippen LogP contribution in [0.5, 0.6) is 0 Å². The number of carbonyl (C=O) groups excluding carboxylic acids is 1. The van der Waals surface area contributed by atoms with E-state index in [4.69, 9.17) is 5.53 Å². The van der Waals surface area contributed by atoms with Crippen molar-refractivity contribution in [2.45, 2.75) is 6.54 Å². The van der Waals surface area contributed by atoms with E-state index < -0.39 is 5.91 Å². The molecular formula is C12H10N4OS. The zero-order valence-electron chi connectivity index (χ0n) is 9.41. The number of carbonyl (C=O) groups is 1. The van der Waals surface area contributed by atoms with Gasteiger partial charge in [-0.3, -0.25) is 4.79 Å². The summed E-state index contributed by atoms with van der Waals surface area (Å²) >= 11 is 1.41. The van der Waals surface area contributed by atoms with Crippen LogP contribution in [0.1, 0.15) is 15.9 Å². The molecule has 6 heteroatoms. The first-order valence-corrected chi connectivity index (χ1v) is 6.14. The number of rotatable bonds is 4. The Morgan fingerprint density at radius 3 is 2.83 bits per heavy atom. The zero-order valence-corrected chi connectivity index (χ0v) is 10.2. The van der Waals surface area contributed by atoms with Crippen molar-refractivity contribution in [2.24, 2.45) is 5.11 Å². The molecule has 1 heterocycles. The van der Waals surface area contributed by atoms with Crippen LogP contribution in [0.25, 0.3) is 10.4 Å². The van der Waals surface area contributed by atoms with Crippen molar-refractivity contribution in [3.8, 4) is 0 Å². The smallest absolute Gasteiger partial charge is 0.252 e. The van der Waals surface area contributed by atoms with Gasteiger partial charge in [0, 0.05) is 11.5 Å². The summed E-state index contributed by atoms with van der Waals surface area (Å²) in [6, 6.07) is 11.5. The fourth-order valence-electron chi connectivity index (χ4n) is 1.49. The van der Waals surface area contributed by atoms with E-state index in [0.717, 1.165) is 10.6 Å². The number of amides is 1. The van der Waals surface area contributed by atoms with Crippen LogP contribution in [0, 0.1) is 0 Å². The van der Waals surface area contributed by atoms with E-state index in [2.05, 4.69) is 15.3 Å². The number of nitrogens with one attached hydrogen (secondary N) is 1. The Kier molecular flexibility index (Phi) is 3.96. The van der Waals surface area contributed by atoms with Crippen LogP contribution < -0.4 is 5.32 Å². The first-order valence-electron chi connectivity index (χ1n) is 5.26. The fraction of sp³-hybridized carbons (Fsp3) is 0.0833. The lowest BCUT2D eigenvalue weighted by Gasteiger charge is -2.05. The maximum absolute atomic E-state index is 11.5. The summed E-state index contributed by atoms with van der Waals surface area (Å²) in [5, 5.41) is 8.76. The molecule has 5 nitrogen and oxygen atoms in total. The standard InChI is InChI=1S/C12H10N4OS/c13-16-15-11(17)10-6-7-18-12(10)14-8-9-4-2-1-3-5-9/h1-7,14H,8H2. The number of nitrogens with zero attached hydrogens (tertiary/aromatic N) is 3. The Hall–Kier alpha value is -2.30. The van der Waals surface area contributed by atoms with Crippen LogP contribution in [0.15, 0.2) is 46.9 Å². The number of hydrogen-bond acceptors (Lipinski definition) is 3. The van der Waals surface area contributed by atoms with E-state index in [0.29, 0.717) is 12.1 Å². The van der Waals surface area contributed by atoms with Crippen LogP contribution in [0.4, 0.5) is 5.00 Å². The Bertz CT molecular complexity index is 587. The monoisotopic (exact) mass is 258 g/mol. The van der Waals surface area contributed by atoms with Gasteiger partial charge in [0.25, 0.3) is 5.91 Å². The molecule has 0 aliphatic heterocycles. The number of azide groups is 1. The lowest BCUT2D eigenvalue weighted by molar-refractivity contribution is 0.100. The third-order valence-electron chi connectivity index (χ3n) is 2.33. The first-order chi connectivity index (χ1) is 8.81. The van der Waals surface area contributed by atoms with Gasteiger partial charge in [0.05, 0.1) is 10.6 Å². The van der Waals surface area contributed by atoms with Crippen LogP contribution in [0.2, 0.25) is 0 Å². The van der Waals surface area contributed by atoms with Crippen molar-refractivity contribution in [1.82, 2.24) is 0 Å². The Labute approximate surface area is 108 Å². The summed E-state index contributed by atoms with van der Waals surface area (Å²) in [6.45, 7) is 0.623. The topological polar surface area (TPSA) is 77.9 Å². The average Bonchev–Trinajstić information content (AvgIpc) is 2.86. The van der Waals surface area contributed by atoms with Gasteiger partial charge in [-0.15, -0.1) is 11.3 Å².